The molecule has 0 saturated carbocycles. The van der Waals surface area contributed by atoms with Gasteiger partial charge < -0.3 is 20.3 Å². The largest absolute Gasteiger partial charge is 0.461 e. The number of nitrogens with one attached hydrogen (secondary N) is 1. The van der Waals surface area contributed by atoms with Crippen molar-refractivity contribution in [2.75, 3.05) is 17.7 Å². The highest BCUT2D eigenvalue weighted by Crippen LogP contribution is 2.37. The second-order valence-corrected chi connectivity index (χ2v) is 6.77. The van der Waals surface area contributed by atoms with Gasteiger partial charge in [-0.25, -0.2) is 4.79 Å². The van der Waals surface area contributed by atoms with Gasteiger partial charge in [-0.3, -0.25) is 0 Å². The van der Waals surface area contributed by atoms with Gasteiger partial charge in [-0.2, -0.15) is 5.26 Å². The summed E-state index contributed by atoms with van der Waals surface area (Å²) >= 11 is 1.43. The van der Waals surface area contributed by atoms with Crippen molar-refractivity contribution in [3.05, 3.63) is 28.0 Å². The highest BCUT2D eigenvalue weighted by molar-refractivity contribution is 7.17. The predicted molar refractivity (Wildman–Crippen MR) is 96.7 cm³/mol. The molecule has 0 saturated heterocycles. The van der Waals surface area contributed by atoms with Crippen molar-refractivity contribution in [1.29, 1.82) is 5.26 Å². The lowest BCUT2D eigenvalue weighted by Gasteiger charge is -2.12. The molecule has 0 radical (unpaired) electrons. The second kappa shape index (κ2) is 8.53. The Hall–Kier alpha value is -2.53. The minimum absolute atomic E-state index is 0.127. The zero-order chi connectivity index (χ0) is 18.4. The molecule has 0 aromatic carbocycles. The summed E-state index contributed by atoms with van der Waals surface area (Å²) in [7, 11) is 0. The summed E-state index contributed by atoms with van der Waals surface area (Å²) in [6.07, 6.45) is 2.42. The molecule has 2 aromatic rings. The van der Waals surface area contributed by atoms with Crippen LogP contribution in [-0.4, -0.2) is 23.8 Å². The number of nitriles is 1. The number of nitrogen functional groups attached to an aromatic ring is 1. The van der Waals surface area contributed by atoms with Gasteiger partial charge in [0.2, 0.25) is 0 Å². The number of hydrogen-bond acceptors (Lipinski definition) is 8. The minimum atomic E-state index is -0.523. The number of aromatic nitrogens is 1. The molecule has 0 fully saturated rings. The SMILES string of the molecule is CCCC(C)Nc1sc(Cc2cc(C(=O)OCC)no2)c(N)c1C#N. The van der Waals surface area contributed by atoms with Gasteiger partial charge in [0.1, 0.15) is 22.4 Å². The summed E-state index contributed by atoms with van der Waals surface area (Å²) < 4.78 is 10.1. The normalized spacial score (nSPS) is 11.8. The van der Waals surface area contributed by atoms with Crippen LogP contribution < -0.4 is 11.1 Å². The van der Waals surface area contributed by atoms with Crippen LogP contribution in [0, 0.1) is 11.3 Å². The van der Waals surface area contributed by atoms with Crippen LogP contribution in [0.15, 0.2) is 10.6 Å². The van der Waals surface area contributed by atoms with Crippen molar-refractivity contribution in [1.82, 2.24) is 5.16 Å². The average molecular weight is 362 g/mol. The molecule has 8 heteroatoms. The van der Waals surface area contributed by atoms with E-state index >= 15 is 0 Å². The number of rotatable bonds is 8. The number of ether oxygens (including phenoxy) is 1. The lowest BCUT2D eigenvalue weighted by molar-refractivity contribution is 0.0514. The first-order valence-electron chi connectivity index (χ1n) is 8.20. The molecule has 0 bridgehead atoms. The molecule has 3 N–H and O–H groups in total. The second-order valence-electron chi connectivity index (χ2n) is 5.66. The number of anilines is 2. The summed E-state index contributed by atoms with van der Waals surface area (Å²) in [6, 6.07) is 3.95. The third-order valence-electron chi connectivity index (χ3n) is 3.61. The van der Waals surface area contributed by atoms with Gasteiger partial charge in [0.05, 0.1) is 12.3 Å². The van der Waals surface area contributed by atoms with Gasteiger partial charge >= 0.3 is 5.97 Å². The highest BCUT2D eigenvalue weighted by atomic mass is 32.1. The smallest absolute Gasteiger partial charge is 0.360 e. The van der Waals surface area contributed by atoms with Gasteiger partial charge in [-0.1, -0.05) is 18.5 Å². The van der Waals surface area contributed by atoms with E-state index in [1.165, 1.54) is 17.4 Å². The Morgan fingerprint density at radius 3 is 2.96 bits per heavy atom. The third kappa shape index (κ3) is 4.51. The van der Waals surface area contributed by atoms with Crippen LogP contribution in [0.5, 0.6) is 0 Å². The Balaban J connectivity index is 2.19. The maximum atomic E-state index is 11.6. The van der Waals surface area contributed by atoms with Crippen LogP contribution >= 0.6 is 11.3 Å². The van der Waals surface area contributed by atoms with Crippen LogP contribution in [0.3, 0.4) is 0 Å². The zero-order valence-electron chi connectivity index (χ0n) is 14.6. The van der Waals surface area contributed by atoms with E-state index in [4.69, 9.17) is 15.0 Å². The van der Waals surface area contributed by atoms with Crippen LogP contribution in [0.2, 0.25) is 0 Å². The van der Waals surface area contributed by atoms with Crippen LogP contribution in [0.4, 0.5) is 10.7 Å². The van der Waals surface area contributed by atoms with Crippen molar-refractivity contribution in [3.63, 3.8) is 0 Å². The van der Waals surface area contributed by atoms with Crippen molar-refractivity contribution in [3.8, 4) is 6.07 Å². The van der Waals surface area contributed by atoms with Crippen molar-refractivity contribution >= 4 is 28.0 Å². The Morgan fingerprint density at radius 1 is 1.56 bits per heavy atom. The Morgan fingerprint density at radius 2 is 2.32 bits per heavy atom. The molecule has 0 amide bonds. The number of carbonyl (C=O) groups excluding carboxylic acids is 1. The maximum Gasteiger partial charge on any atom is 0.360 e. The third-order valence-corrected chi connectivity index (χ3v) is 4.75. The van der Waals surface area contributed by atoms with E-state index in [-0.39, 0.29) is 18.3 Å². The van der Waals surface area contributed by atoms with E-state index in [1.54, 1.807) is 6.92 Å². The minimum Gasteiger partial charge on any atom is -0.461 e. The molecule has 0 aliphatic heterocycles. The number of thiophene rings is 1. The fourth-order valence-electron chi connectivity index (χ4n) is 2.42. The first kappa shape index (κ1) is 18.8. The molecule has 1 unspecified atom stereocenters. The Bertz CT molecular complexity index is 775. The standard InChI is InChI=1S/C17H22N4O3S/c1-4-6-10(3)20-16-12(9-18)15(19)14(25-16)8-11-7-13(21-24-11)17(22)23-5-2/h7,10,20H,4-6,8,19H2,1-3H3. The molecule has 25 heavy (non-hydrogen) atoms. The van der Waals surface area contributed by atoms with E-state index in [9.17, 15) is 10.1 Å². The Kier molecular flexibility index (Phi) is 6.42. The number of carbonyl (C=O) groups is 1. The molecular weight excluding hydrogens is 340 g/mol. The van der Waals surface area contributed by atoms with E-state index < -0.39 is 5.97 Å². The predicted octanol–water partition coefficient (Wildman–Crippen LogP) is 3.56. The Labute approximate surface area is 150 Å². The fourth-order valence-corrected chi connectivity index (χ4v) is 3.61. The molecule has 2 aromatic heterocycles. The van der Waals surface area contributed by atoms with Crippen LogP contribution in [0.1, 0.15) is 60.3 Å². The van der Waals surface area contributed by atoms with Crippen LogP contribution in [0.25, 0.3) is 0 Å². The van der Waals surface area contributed by atoms with Crippen LogP contribution in [-0.2, 0) is 11.2 Å². The summed E-state index contributed by atoms with van der Waals surface area (Å²) in [5.41, 5.74) is 7.14. The lowest BCUT2D eigenvalue weighted by atomic mass is 10.1. The molecule has 7 nitrogen and oxygen atoms in total. The summed E-state index contributed by atoms with van der Waals surface area (Å²) in [6.45, 7) is 6.18. The van der Waals surface area contributed by atoms with Gasteiger partial charge in [-0.15, -0.1) is 11.3 Å². The topological polar surface area (TPSA) is 114 Å². The van der Waals surface area contributed by atoms with E-state index in [0.717, 1.165) is 22.7 Å². The van der Waals surface area contributed by atoms with E-state index in [2.05, 4.69) is 30.4 Å². The molecule has 0 aliphatic rings. The average Bonchev–Trinajstić information content (AvgIpc) is 3.14. The fraction of sp³-hybridized carbons (Fsp3) is 0.471. The van der Waals surface area contributed by atoms with Gasteiger partial charge in [0.25, 0.3) is 0 Å². The van der Waals surface area contributed by atoms with Gasteiger partial charge in [0.15, 0.2) is 5.69 Å². The van der Waals surface area contributed by atoms with Crippen molar-refractivity contribution in [2.24, 2.45) is 0 Å². The molecular formula is C17H22N4O3S. The molecule has 1 atom stereocenters. The first-order valence-corrected chi connectivity index (χ1v) is 9.02. The summed E-state index contributed by atoms with van der Waals surface area (Å²) in [5, 5.41) is 17.2. The molecule has 2 heterocycles. The summed E-state index contributed by atoms with van der Waals surface area (Å²) in [4.78, 5) is 12.4. The summed E-state index contributed by atoms with van der Waals surface area (Å²) in [5.74, 6) is -0.0289. The lowest BCUT2D eigenvalue weighted by Crippen LogP contribution is -2.14. The number of esters is 1. The number of nitrogens with two attached hydrogens (primary N) is 1. The van der Waals surface area contributed by atoms with Gasteiger partial charge in [0, 0.05) is 23.4 Å². The number of nitrogens with zero attached hydrogens (tertiary/aromatic N) is 2. The van der Waals surface area contributed by atoms with E-state index in [1.807, 2.05) is 0 Å². The van der Waals surface area contributed by atoms with Crippen molar-refractivity contribution < 1.29 is 14.1 Å². The first-order chi connectivity index (χ1) is 12.0. The molecule has 2 rings (SSSR count). The zero-order valence-corrected chi connectivity index (χ0v) is 15.4. The molecule has 0 spiro atoms. The quantitative estimate of drug-likeness (QED) is 0.690. The molecule has 0 aliphatic carbocycles. The monoisotopic (exact) mass is 362 g/mol. The highest BCUT2D eigenvalue weighted by Gasteiger charge is 2.20. The number of hydrogen-bond donors (Lipinski definition) is 2. The van der Waals surface area contributed by atoms with Crippen molar-refractivity contribution in [2.45, 2.75) is 46.1 Å². The maximum absolute atomic E-state index is 11.6. The van der Waals surface area contributed by atoms with E-state index in [0.29, 0.717) is 23.4 Å². The molecule has 134 valence electrons. The van der Waals surface area contributed by atoms with Gasteiger partial charge in [-0.05, 0) is 20.3 Å².